The Labute approximate surface area is 136 Å². The van der Waals surface area contributed by atoms with Crippen LogP contribution in [-0.2, 0) is 0 Å². The Morgan fingerprint density at radius 1 is 1.09 bits per heavy atom. The van der Waals surface area contributed by atoms with Crippen LogP contribution in [0.4, 0.5) is 5.69 Å². The van der Waals surface area contributed by atoms with Crippen LogP contribution in [0, 0.1) is 11.3 Å². The summed E-state index contributed by atoms with van der Waals surface area (Å²) in [5.74, 6) is 0.688. The van der Waals surface area contributed by atoms with Gasteiger partial charge in [-0.1, -0.05) is 23.7 Å². The Morgan fingerprint density at radius 3 is 2.32 bits per heavy atom. The maximum Gasteiger partial charge on any atom is 0.138 e. The molecule has 1 N–H and O–H groups in total. The average molecular weight is 315 g/mol. The Kier molecular flexibility index (Phi) is 5.30. The summed E-state index contributed by atoms with van der Waals surface area (Å²) in [7, 11) is 0. The van der Waals surface area contributed by atoms with Gasteiger partial charge in [-0.2, -0.15) is 5.26 Å². The minimum absolute atomic E-state index is 0.0916. The lowest BCUT2D eigenvalue weighted by molar-refractivity contribution is 0.242. The molecule has 0 heterocycles. The van der Waals surface area contributed by atoms with E-state index in [9.17, 15) is 0 Å². The summed E-state index contributed by atoms with van der Waals surface area (Å²) in [6, 6.07) is 15.5. The molecule has 2 rings (SSSR count). The standard InChI is InChI=1S/C18H19ClN2O/c1-12(2)22-18-9-8-16(10-17(18)19)21-13(3)15-6-4-14(11-20)5-7-15/h4-10,12-13,21H,1-3H3. The first kappa shape index (κ1) is 16.2. The van der Waals surface area contributed by atoms with Crippen LogP contribution in [0.3, 0.4) is 0 Å². The van der Waals surface area contributed by atoms with Gasteiger partial charge in [-0.05, 0) is 56.7 Å². The summed E-state index contributed by atoms with van der Waals surface area (Å²) < 4.78 is 5.62. The van der Waals surface area contributed by atoms with Gasteiger partial charge < -0.3 is 10.1 Å². The van der Waals surface area contributed by atoms with Crippen LogP contribution in [0.2, 0.25) is 5.02 Å². The van der Waals surface area contributed by atoms with Crippen molar-refractivity contribution in [1.82, 2.24) is 0 Å². The summed E-state index contributed by atoms with van der Waals surface area (Å²) in [5.41, 5.74) is 2.70. The van der Waals surface area contributed by atoms with Gasteiger partial charge in [0.05, 0.1) is 22.8 Å². The number of anilines is 1. The Hall–Kier alpha value is -2.18. The summed E-state index contributed by atoms with van der Waals surface area (Å²) in [4.78, 5) is 0. The molecule has 0 spiro atoms. The third-order valence-corrected chi connectivity index (χ3v) is 3.51. The molecule has 2 aromatic rings. The van der Waals surface area contributed by atoms with Gasteiger partial charge in [0.2, 0.25) is 0 Å². The lowest BCUT2D eigenvalue weighted by Gasteiger charge is -2.17. The van der Waals surface area contributed by atoms with Crippen molar-refractivity contribution in [2.75, 3.05) is 5.32 Å². The third-order valence-electron chi connectivity index (χ3n) is 3.22. The normalized spacial score (nSPS) is 11.8. The highest BCUT2D eigenvalue weighted by molar-refractivity contribution is 6.32. The second-order valence-electron chi connectivity index (χ2n) is 5.41. The lowest BCUT2D eigenvalue weighted by Crippen LogP contribution is -2.08. The Balaban J connectivity index is 2.09. The quantitative estimate of drug-likeness (QED) is 0.827. The summed E-state index contributed by atoms with van der Waals surface area (Å²) in [6.07, 6.45) is 0.0916. The molecule has 0 amide bonds. The minimum Gasteiger partial charge on any atom is -0.489 e. The van der Waals surface area contributed by atoms with Crippen molar-refractivity contribution in [2.24, 2.45) is 0 Å². The van der Waals surface area contributed by atoms with Crippen LogP contribution in [0.25, 0.3) is 0 Å². The number of rotatable bonds is 5. The van der Waals surface area contributed by atoms with E-state index >= 15 is 0 Å². The number of ether oxygens (including phenoxy) is 1. The number of nitrogens with one attached hydrogen (secondary N) is 1. The SMILES string of the molecule is CC(C)Oc1ccc(NC(C)c2ccc(C#N)cc2)cc1Cl. The zero-order valence-corrected chi connectivity index (χ0v) is 13.7. The maximum absolute atomic E-state index is 8.83. The maximum atomic E-state index is 8.83. The first-order chi connectivity index (χ1) is 10.5. The Morgan fingerprint density at radius 2 is 1.77 bits per heavy atom. The predicted octanol–water partition coefficient (Wildman–Crippen LogP) is 5.17. The van der Waals surface area contributed by atoms with Crippen molar-refractivity contribution in [3.05, 3.63) is 58.6 Å². The molecular weight excluding hydrogens is 296 g/mol. The molecule has 1 unspecified atom stereocenters. The van der Waals surface area contributed by atoms with E-state index in [0.29, 0.717) is 16.3 Å². The topological polar surface area (TPSA) is 45.0 Å². The lowest BCUT2D eigenvalue weighted by atomic mass is 10.1. The van der Waals surface area contributed by atoms with E-state index < -0.39 is 0 Å². The smallest absolute Gasteiger partial charge is 0.138 e. The van der Waals surface area contributed by atoms with Crippen LogP contribution in [-0.4, -0.2) is 6.10 Å². The summed E-state index contributed by atoms with van der Waals surface area (Å²) in [6.45, 7) is 6.00. The molecule has 0 aliphatic carbocycles. The van der Waals surface area contributed by atoms with E-state index in [0.717, 1.165) is 11.3 Å². The first-order valence-corrected chi connectivity index (χ1v) is 7.60. The molecule has 2 aromatic carbocycles. The van der Waals surface area contributed by atoms with Crippen molar-refractivity contribution >= 4 is 17.3 Å². The summed E-state index contributed by atoms with van der Waals surface area (Å²) >= 11 is 6.24. The molecule has 0 aromatic heterocycles. The van der Waals surface area contributed by atoms with Crippen molar-refractivity contribution in [1.29, 1.82) is 5.26 Å². The van der Waals surface area contributed by atoms with E-state index in [2.05, 4.69) is 18.3 Å². The molecule has 3 nitrogen and oxygen atoms in total. The van der Waals surface area contributed by atoms with Gasteiger partial charge in [-0.15, -0.1) is 0 Å². The highest BCUT2D eigenvalue weighted by Crippen LogP contribution is 2.30. The number of benzene rings is 2. The number of nitriles is 1. The first-order valence-electron chi connectivity index (χ1n) is 7.22. The van der Waals surface area contributed by atoms with Crippen LogP contribution in [0.5, 0.6) is 5.75 Å². The number of halogens is 1. The molecule has 1 atom stereocenters. The predicted molar refractivity (Wildman–Crippen MR) is 90.4 cm³/mol. The second kappa shape index (κ2) is 7.20. The van der Waals surface area contributed by atoms with E-state index in [1.807, 2.05) is 56.3 Å². The molecule has 0 saturated heterocycles. The summed E-state index contributed by atoms with van der Waals surface area (Å²) in [5, 5.41) is 12.8. The highest BCUT2D eigenvalue weighted by Gasteiger charge is 2.08. The molecule has 114 valence electrons. The highest BCUT2D eigenvalue weighted by atomic mass is 35.5. The third kappa shape index (κ3) is 4.16. The Bertz CT molecular complexity index is 674. The molecule has 4 heteroatoms. The van der Waals surface area contributed by atoms with Crippen LogP contribution in [0.1, 0.15) is 37.9 Å². The van der Waals surface area contributed by atoms with Gasteiger partial charge in [-0.25, -0.2) is 0 Å². The number of hydrogen-bond acceptors (Lipinski definition) is 3. The molecule has 0 radical (unpaired) electrons. The largest absolute Gasteiger partial charge is 0.489 e. The van der Waals surface area contributed by atoms with Gasteiger partial charge in [0.15, 0.2) is 0 Å². The zero-order chi connectivity index (χ0) is 16.1. The van der Waals surface area contributed by atoms with Crippen molar-refractivity contribution in [3.63, 3.8) is 0 Å². The number of hydrogen-bond donors (Lipinski definition) is 1. The minimum atomic E-state index is 0.0916. The van der Waals surface area contributed by atoms with Crippen molar-refractivity contribution in [2.45, 2.75) is 32.9 Å². The molecule has 0 aliphatic rings. The average Bonchev–Trinajstić information content (AvgIpc) is 2.49. The van der Waals surface area contributed by atoms with Crippen molar-refractivity contribution < 1.29 is 4.74 Å². The van der Waals surface area contributed by atoms with E-state index in [-0.39, 0.29) is 12.1 Å². The fourth-order valence-corrected chi connectivity index (χ4v) is 2.34. The molecule has 0 aliphatic heterocycles. The van der Waals surface area contributed by atoms with E-state index in [1.165, 1.54) is 0 Å². The van der Waals surface area contributed by atoms with Gasteiger partial charge in [0.1, 0.15) is 5.75 Å². The van der Waals surface area contributed by atoms with E-state index in [1.54, 1.807) is 0 Å². The fourth-order valence-electron chi connectivity index (χ4n) is 2.12. The van der Waals surface area contributed by atoms with E-state index in [4.69, 9.17) is 21.6 Å². The van der Waals surface area contributed by atoms with Crippen LogP contribution >= 0.6 is 11.6 Å². The number of nitrogens with zero attached hydrogens (tertiary/aromatic N) is 1. The van der Waals surface area contributed by atoms with Gasteiger partial charge in [0, 0.05) is 11.7 Å². The molecule has 0 bridgehead atoms. The molecule has 22 heavy (non-hydrogen) atoms. The van der Waals surface area contributed by atoms with Gasteiger partial charge >= 0.3 is 0 Å². The fraction of sp³-hybridized carbons (Fsp3) is 0.278. The van der Waals surface area contributed by atoms with Crippen LogP contribution < -0.4 is 10.1 Å². The molecule has 0 saturated carbocycles. The molecular formula is C18H19ClN2O. The van der Waals surface area contributed by atoms with Crippen molar-refractivity contribution in [3.8, 4) is 11.8 Å². The van der Waals surface area contributed by atoms with Gasteiger partial charge in [-0.3, -0.25) is 0 Å². The monoisotopic (exact) mass is 314 g/mol. The second-order valence-corrected chi connectivity index (χ2v) is 5.82. The zero-order valence-electron chi connectivity index (χ0n) is 12.9. The van der Waals surface area contributed by atoms with Gasteiger partial charge in [0.25, 0.3) is 0 Å². The molecule has 0 fully saturated rings. The van der Waals surface area contributed by atoms with Crippen LogP contribution in [0.15, 0.2) is 42.5 Å².